The van der Waals surface area contributed by atoms with Gasteiger partial charge in [-0.1, -0.05) is 104 Å². The average molecular weight is 489 g/mol. The normalized spacial score (nSPS) is 14.8. The van der Waals surface area contributed by atoms with Gasteiger partial charge in [-0.3, -0.25) is 0 Å². The lowest BCUT2D eigenvalue weighted by molar-refractivity contribution is 0.414. The predicted molar refractivity (Wildman–Crippen MR) is 155 cm³/mol. The Kier molecular flexibility index (Phi) is 6.66. The zero-order valence-corrected chi connectivity index (χ0v) is 22.4. The molecule has 0 fully saturated rings. The molecule has 36 heavy (non-hydrogen) atoms. The first-order valence-electron chi connectivity index (χ1n) is 12.5. The fourth-order valence-corrected chi connectivity index (χ4v) is 9.72. The Morgan fingerprint density at radius 3 is 1.17 bits per heavy atom. The summed E-state index contributed by atoms with van der Waals surface area (Å²) in [4.78, 5) is 0. The van der Waals surface area contributed by atoms with Crippen molar-refractivity contribution >= 4 is 29.6 Å². The van der Waals surface area contributed by atoms with E-state index in [1.165, 1.54) is 43.8 Å². The summed E-state index contributed by atoms with van der Waals surface area (Å²) in [5.41, 5.74) is 7.79. The first-order valence-corrected chi connectivity index (χ1v) is 15.2. The Bertz CT molecular complexity index is 1290. The molecule has 1 heterocycles. The summed E-state index contributed by atoms with van der Waals surface area (Å²) in [6.07, 6.45) is 0. The van der Waals surface area contributed by atoms with E-state index in [0.29, 0.717) is 0 Å². The molecule has 5 rings (SSSR count). The number of methoxy groups -OCH3 is 2. The van der Waals surface area contributed by atoms with E-state index in [-0.39, 0.29) is 0 Å². The monoisotopic (exact) mass is 488 g/mol. The fourth-order valence-electron chi connectivity index (χ4n) is 5.51. The quantitative estimate of drug-likeness (QED) is 0.243. The van der Waals surface area contributed by atoms with Gasteiger partial charge in [0, 0.05) is 0 Å². The van der Waals surface area contributed by atoms with Crippen molar-refractivity contribution in [3.63, 3.8) is 0 Å². The predicted octanol–water partition coefficient (Wildman–Crippen LogP) is 8.42. The second-order valence-corrected chi connectivity index (χ2v) is 13.7. The maximum absolute atomic E-state index is 5.50. The van der Waals surface area contributed by atoms with E-state index in [4.69, 9.17) is 9.47 Å². The van der Waals surface area contributed by atoms with Gasteiger partial charge in [-0.2, -0.15) is 0 Å². The lowest BCUT2D eigenvalue weighted by Gasteiger charge is -2.30. The first kappa shape index (κ1) is 23.9. The molecule has 0 amide bonds. The minimum atomic E-state index is -2.17. The topological polar surface area (TPSA) is 18.5 Å². The first-order chi connectivity index (χ1) is 17.6. The molecule has 2 nitrogen and oxygen atoms in total. The van der Waals surface area contributed by atoms with Crippen molar-refractivity contribution in [1.82, 2.24) is 0 Å². The highest BCUT2D eigenvalue weighted by atomic mass is 28.3. The van der Waals surface area contributed by atoms with E-state index in [9.17, 15) is 0 Å². The van der Waals surface area contributed by atoms with Crippen molar-refractivity contribution in [1.29, 1.82) is 0 Å². The summed E-state index contributed by atoms with van der Waals surface area (Å²) in [6.45, 7) is 4.89. The molecule has 0 saturated heterocycles. The molecule has 180 valence electrons. The van der Waals surface area contributed by atoms with Crippen molar-refractivity contribution in [2.75, 3.05) is 14.2 Å². The minimum Gasteiger partial charge on any atom is -0.497 e. The highest BCUT2D eigenvalue weighted by Gasteiger charge is 2.45. The number of rotatable bonds is 7. The van der Waals surface area contributed by atoms with Gasteiger partial charge >= 0.3 is 0 Å². The van der Waals surface area contributed by atoms with Crippen LogP contribution in [-0.2, 0) is 0 Å². The molecule has 0 N–H and O–H groups in total. The van der Waals surface area contributed by atoms with E-state index < -0.39 is 8.07 Å². The lowest BCUT2D eigenvalue weighted by atomic mass is 9.89. The van der Waals surface area contributed by atoms with Gasteiger partial charge in [0.2, 0.25) is 0 Å². The van der Waals surface area contributed by atoms with Crippen molar-refractivity contribution in [3.05, 3.63) is 131 Å². The van der Waals surface area contributed by atoms with E-state index in [1.54, 1.807) is 14.2 Å². The van der Waals surface area contributed by atoms with E-state index >= 15 is 0 Å². The average Bonchev–Trinajstić information content (AvgIpc) is 3.23. The van der Waals surface area contributed by atoms with Gasteiger partial charge in [-0.05, 0) is 68.1 Å². The second-order valence-electron chi connectivity index (χ2n) is 9.37. The van der Waals surface area contributed by atoms with Gasteiger partial charge in [-0.25, -0.2) is 0 Å². The number of hydrogen-bond donors (Lipinski definition) is 0. The Labute approximate surface area is 215 Å². The molecule has 0 bridgehead atoms. The van der Waals surface area contributed by atoms with E-state index in [1.807, 2.05) is 0 Å². The molecule has 0 radical (unpaired) electrons. The molecular weight excluding hydrogens is 456 g/mol. The Hall–Kier alpha value is -3.82. The van der Waals surface area contributed by atoms with Crippen LogP contribution in [0.2, 0.25) is 12.6 Å². The van der Waals surface area contributed by atoms with Gasteiger partial charge in [0.25, 0.3) is 0 Å². The van der Waals surface area contributed by atoms with Crippen molar-refractivity contribution in [2.45, 2.75) is 19.5 Å². The lowest BCUT2D eigenvalue weighted by Crippen LogP contribution is -2.32. The standard InChI is InChI=1S/C33H32O2Si/c1-5-36(4)32(26-16-20-28(34-2)21-17-26)30(24-12-8-6-9-13-24)31(25-14-10-7-11-15-25)33(36)27-18-22-29(35-3)23-19-27/h6-23H,5H2,1-4H3. The van der Waals surface area contributed by atoms with Gasteiger partial charge in [-0.15, -0.1) is 0 Å². The molecule has 4 aromatic carbocycles. The molecule has 0 spiro atoms. The summed E-state index contributed by atoms with van der Waals surface area (Å²) in [7, 11) is 1.28. The summed E-state index contributed by atoms with van der Waals surface area (Å²) in [5.74, 6) is 1.76. The number of allylic oxidation sites excluding steroid dienone is 2. The molecular formula is C33H32O2Si. The summed E-state index contributed by atoms with van der Waals surface area (Å²) >= 11 is 0. The second kappa shape index (κ2) is 10.0. The van der Waals surface area contributed by atoms with Crippen molar-refractivity contribution in [2.24, 2.45) is 0 Å². The molecule has 4 aromatic rings. The third kappa shape index (κ3) is 4.10. The van der Waals surface area contributed by atoms with Crippen LogP contribution in [0.25, 0.3) is 21.5 Å². The number of benzene rings is 4. The van der Waals surface area contributed by atoms with E-state index in [0.717, 1.165) is 17.5 Å². The minimum absolute atomic E-state index is 0.880. The Balaban J connectivity index is 1.89. The van der Waals surface area contributed by atoms with Crippen LogP contribution in [0.4, 0.5) is 0 Å². The Morgan fingerprint density at radius 1 is 0.500 bits per heavy atom. The van der Waals surface area contributed by atoms with Crippen LogP contribution in [-0.4, -0.2) is 22.3 Å². The molecule has 0 unspecified atom stereocenters. The largest absolute Gasteiger partial charge is 0.497 e. The zero-order chi connectivity index (χ0) is 25.1. The molecule has 0 aromatic heterocycles. The maximum Gasteiger partial charge on any atom is 0.118 e. The fraction of sp³-hybridized carbons (Fsp3) is 0.152. The smallest absolute Gasteiger partial charge is 0.118 e. The van der Waals surface area contributed by atoms with Gasteiger partial charge in [0.05, 0.1) is 14.2 Å². The van der Waals surface area contributed by atoms with Crippen LogP contribution in [0.5, 0.6) is 11.5 Å². The summed E-state index contributed by atoms with van der Waals surface area (Å²) in [6, 6.07) is 40.2. The van der Waals surface area contributed by atoms with Crippen LogP contribution in [0.1, 0.15) is 29.2 Å². The van der Waals surface area contributed by atoms with Crippen LogP contribution in [0, 0.1) is 0 Å². The zero-order valence-electron chi connectivity index (χ0n) is 21.4. The summed E-state index contributed by atoms with van der Waals surface area (Å²) in [5, 5.41) is 2.98. The van der Waals surface area contributed by atoms with Crippen LogP contribution in [0.3, 0.4) is 0 Å². The van der Waals surface area contributed by atoms with Gasteiger partial charge < -0.3 is 9.47 Å². The summed E-state index contributed by atoms with van der Waals surface area (Å²) < 4.78 is 11.0. The molecule has 1 aliphatic rings. The highest BCUT2D eigenvalue weighted by Crippen LogP contribution is 2.56. The van der Waals surface area contributed by atoms with Gasteiger partial charge in [0.15, 0.2) is 0 Å². The number of hydrogen-bond acceptors (Lipinski definition) is 2. The third-order valence-corrected chi connectivity index (χ3v) is 12.1. The maximum atomic E-state index is 5.50. The molecule has 0 aliphatic carbocycles. The van der Waals surface area contributed by atoms with Crippen LogP contribution < -0.4 is 9.47 Å². The van der Waals surface area contributed by atoms with Crippen LogP contribution >= 0.6 is 0 Å². The highest BCUT2D eigenvalue weighted by molar-refractivity contribution is 7.13. The number of ether oxygens (including phenoxy) is 2. The van der Waals surface area contributed by atoms with Crippen molar-refractivity contribution in [3.8, 4) is 11.5 Å². The molecule has 0 saturated carbocycles. The molecule has 1 aliphatic heterocycles. The van der Waals surface area contributed by atoms with Gasteiger partial charge in [0.1, 0.15) is 19.6 Å². The Morgan fingerprint density at radius 2 is 0.861 bits per heavy atom. The molecule has 0 atom stereocenters. The third-order valence-electron chi connectivity index (χ3n) is 7.44. The van der Waals surface area contributed by atoms with E-state index in [2.05, 4.69) is 123 Å². The SMILES string of the molecule is CC[Si]1(C)C(c2ccc(OC)cc2)=C(c2ccccc2)C(c2ccccc2)=C1c1ccc(OC)cc1. The van der Waals surface area contributed by atoms with Crippen molar-refractivity contribution < 1.29 is 9.47 Å². The van der Waals surface area contributed by atoms with Crippen LogP contribution in [0.15, 0.2) is 109 Å². The molecule has 3 heteroatoms.